The third-order valence-electron chi connectivity index (χ3n) is 6.90. The van der Waals surface area contributed by atoms with E-state index in [-0.39, 0.29) is 18.9 Å². The maximum Gasteiger partial charge on any atom is 0.331 e. The van der Waals surface area contributed by atoms with Crippen LogP contribution in [0.5, 0.6) is 11.5 Å². The van der Waals surface area contributed by atoms with Gasteiger partial charge in [-0.3, -0.25) is 9.69 Å². The molecule has 1 aliphatic heterocycles. The number of thiazole rings is 1. The average molecular weight is 543 g/mol. The van der Waals surface area contributed by atoms with Crippen LogP contribution in [0.3, 0.4) is 0 Å². The van der Waals surface area contributed by atoms with E-state index in [2.05, 4.69) is 0 Å². The third-order valence-corrected chi connectivity index (χ3v) is 8.05. The Balaban J connectivity index is 1.41. The molecule has 9 heteroatoms. The van der Waals surface area contributed by atoms with Crippen molar-refractivity contribution in [1.82, 2.24) is 9.88 Å². The van der Waals surface area contributed by atoms with Crippen LogP contribution in [0.1, 0.15) is 27.9 Å². The maximum atomic E-state index is 13.8. The molecule has 0 amide bonds. The molecule has 0 saturated heterocycles. The molecule has 0 saturated carbocycles. The minimum Gasteiger partial charge on any atom is -0.497 e. The number of para-hydroxylation sites is 2. The number of carbonyl (C=O) groups excluding carboxylic acids is 2. The topological polar surface area (TPSA) is 91.1 Å². The van der Waals surface area contributed by atoms with Crippen molar-refractivity contribution in [3.05, 3.63) is 76.8 Å². The number of Topliss-reactive ketones (excluding diaryl/α,β-unsaturated/α-hetero) is 1. The standard InChI is InChI=1S/C30H26N2O6S/c1-4-37-30(34)25-26(33)28-22(16-32(25)15-17-12-13-18(35-2)14-24(17)36-3)31-29(39-28)21-10-7-9-20-19-8-5-6-11-23(19)38-27(20)21/h5-14,25H,4,15-16H2,1-3H3. The number of aromatic nitrogens is 1. The molecule has 0 aliphatic carbocycles. The summed E-state index contributed by atoms with van der Waals surface area (Å²) < 4.78 is 22.4. The van der Waals surface area contributed by atoms with E-state index in [1.54, 1.807) is 32.1 Å². The van der Waals surface area contributed by atoms with Gasteiger partial charge in [-0.2, -0.15) is 0 Å². The number of methoxy groups -OCH3 is 2. The molecule has 0 spiro atoms. The molecule has 0 bridgehead atoms. The lowest BCUT2D eigenvalue weighted by molar-refractivity contribution is -0.148. The van der Waals surface area contributed by atoms with Crippen molar-refractivity contribution in [2.24, 2.45) is 0 Å². The molecule has 0 fully saturated rings. The Kier molecular flexibility index (Phi) is 6.54. The van der Waals surface area contributed by atoms with E-state index in [0.29, 0.717) is 33.6 Å². The average Bonchev–Trinajstić information content (AvgIpc) is 3.55. The predicted molar refractivity (Wildman–Crippen MR) is 148 cm³/mol. The van der Waals surface area contributed by atoms with E-state index in [9.17, 15) is 9.59 Å². The Hall–Kier alpha value is -4.21. The number of ketones is 1. The minimum absolute atomic E-state index is 0.178. The summed E-state index contributed by atoms with van der Waals surface area (Å²) >= 11 is 1.29. The van der Waals surface area contributed by atoms with Gasteiger partial charge in [-0.15, -0.1) is 11.3 Å². The second kappa shape index (κ2) is 10.2. The van der Waals surface area contributed by atoms with Gasteiger partial charge in [-0.05, 0) is 25.1 Å². The number of furan rings is 1. The summed E-state index contributed by atoms with van der Waals surface area (Å²) in [4.78, 5) is 34.0. The summed E-state index contributed by atoms with van der Waals surface area (Å²) in [6.45, 7) is 2.49. The fourth-order valence-electron chi connectivity index (χ4n) is 5.08. The molecule has 2 aromatic heterocycles. The molecular weight excluding hydrogens is 516 g/mol. The lowest BCUT2D eigenvalue weighted by atomic mass is 10.0. The Labute approximate surface area is 228 Å². The van der Waals surface area contributed by atoms with Gasteiger partial charge < -0.3 is 18.6 Å². The molecule has 1 aliphatic rings. The van der Waals surface area contributed by atoms with E-state index in [4.69, 9.17) is 23.6 Å². The van der Waals surface area contributed by atoms with E-state index in [0.717, 1.165) is 33.1 Å². The summed E-state index contributed by atoms with van der Waals surface area (Å²) in [5, 5.41) is 2.68. The van der Waals surface area contributed by atoms with Crippen molar-refractivity contribution in [3.63, 3.8) is 0 Å². The van der Waals surface area contributed by atoms with Crippen molar-refractivity contribution in [3.8, 4) is 22.1 Å². The Morgan fingerprint density at radius 1 is 1.08 bits per heavy atom. The summed E-state index contributed by atoms with van der Waals surface area (Å²) in [7, 11) is 3.16. The Morgan fingerprint density at radius 3 is 2.69 bits per heavy atom. The van der Waals surface area contributed by atoms with Crippen molar-refractivity contribution in [1.29, 1.82) is 0 Å². The molecule has 1 unspecified atom stereocenters. The molecule has 3 aromatic carbocycles. The van der Waals surface area contributed by atoms with Gasteiger partial charge >= 0.3 is 5.97 Å². The highest BCUT2D eigenvalue weighted by atomic mass is 32.1. The number of fused-ring (bicyclic) bond motifs is 4. The molecular formula is C30H26N2O6S. The highest BCUT2D eigenvalue weighted by molar-refractivity contribution is 7.17. The van der Waals surface area contributed by atoms with Crippen molar-refractivity contribution in [2.45, 2.75) is 26.1 Å². The molecule has 0 N–H and O–H groups in total. The van der Waals surface area contributed by atoms with Gasteiger partial charge in [0.2, 0.25) is 5.78 Å². The van der Waals surface area contributed by atoms with E-state index in [1.165, 1.54) is 11.3 Å². The van der Waals surface area contributed by atoms with Gasteiger partial charge in [0.15, 0.2) is 6.04 Å². The molecule has 0 radical (unpaired) electrons. The highest BCUT2D eigenvalue weighted by Crippen LogP contribution is 2.40. The normalized spacial score (nSPS) is 15.5. The van der Waals surface area contributed by atoms with Crippen LogP contribution in [0.25, 0.3) is 32.5 Å². The number of ether oxygens (including phenoxy) is 3. The van der Waals surface area contributed by atoms with Gasteiger partial charge in [-0.25, -0.2) is 9.78 Å². The van der Waals surface area contributed by atoms with Gasteiger partial charge in [0.25, 0.3) is 0 Å². The van der Waals surface area contributed by atoms with Crippen LogP contribution in [0.15, 0.2) is 65.1 Å². The quantitative estimate of drug-likeness (QED) is 0.187. The lowest BCUT2D eigenvalue weighted by Crippen LogP contribution is -2.49. The first-order chi connectivity index (χ1) is 19.0. The van der Waals surface area contributed by atoms with Crippen LogP contribution in [-0.2, 0) is 22.6 Å². The molecule has 8 nitrogen and oxygen atoms in total. The van der Waals surface area contributed by atoms with Crippen LogP contribution in [0.4, 0.5) is 0 Å². The van der Waals surface area contributed by atoms with E-state index < -0.39 is 12.0 Å². The Bertz CT molecular complexity index is 1720. The van der Waals surface area contributed by atoms with Gasteiger partial charge in [0.05, 0.1) is 37.0 Å². The molecule has 1 atom stereocenters. The van der Waals surface area contributed by atoms with Crippen LogP contribution >= 0.6 is 11.3 Å². The Morgan fingerprint density at radius 2 is 1.90 bits per heavy atom. The number of rotatable bonds is 7. The maximum absolute atomic E-state index is 13.8. The largest absolute Gasteiger partial charge is 0.497 e. The summed E-state index contributed by atoms with van der Waals surface area (Å²) in [6.07, 6.45) is 0. The lowest BCUT2D eigenvalue weighted by Gasteiger charge is -2.32. The first kappa shape index (κ1) is 25.1. The number of nitrogens with zero attached hydrogens (tertiary/aromatic N) is 2. The van der Waals surface area contributed by atoms with E-state index >= 15 is 0 Å². The number of benzene rings is 3. The number of hydrogen-bond donors (Lipinski definition) is 0. The van der Waals surface area contributed by atoms with Crippen LogP contribution < -0.4 is 9.47 Å². The number of hydrogen-bond acceptors (Lipinski definition) is 9. The SMILES string of the molecule is CCOC(=O)C1C(=O)c2sc(-c3cccc4c3oc3ccccc34)nc2CN1Cc1ccc(OC)cc1OC. The second-order valence-electron chi connectivity index (χ2n) is 9.18. The zero-order valence-corrected chi connectivity index (χ0v) is 22.5. The van der Waals surface area contributed by atoms with Crippen molar-refractivity contribution < 1.29 is 28.2 Å². The molecule has 198 valence electrons. The van der Waals surface area contributed by atoms with Crippen molar-refractivity contribution in [2.75, 3.05) is 20.8 Å². The number of esters is 1. The zero-order valence-electron chi connectivity index (χ0n) is 21.7. The van der Waals surface area contributed by atoms with Crippen molar-refractivity contribution >= 4 is 45.0 Å². The highest BCUT2D eigenvalue weighted by Gasteiger charge is 2.42. The van der Waals surface area contributed by atoms with Crippen LogP contribution in [0, 0.1) is 0 Å². The molecule has 6 rings (SSSR count). The van der Waals surface area contributed by atoms with Crippen LogP contribution in [0.2, 0.25) is 0 Å². The second-order valence-corrected chi connectivity index (χ2v) is 10.2. The summed E-state index contributed by atoms with van der Waals surface area (Å²) in [5.41, 5.74) is 3.76. The third kappa shape index (κ3) is 4.33. The fourth-order valence-corrected chi connectivity index (χ4v) is 6.14. The van der Waals surface area contributed by atoms with Gasteiger partial charge in [0.1, 0.15) is 27.7 Å². The minimum atomic E-state index is -1.08. The molecule has 3 heterocycles. The number of carbonyl (C=O) groups is 2. The predicted octanol–water partition coefficient (Wildman–Crippen LogP) is 5.86. The van der Waals surface area contributed by atoms with Gasteiger partial charge in [-0.1, -0.05) is 36.4 Å². The van der Waals surface area contributed by atoms with Gasteiger partial charge in [0, 0.05) is 35.5 Å². The van der Waals surface area contributed by atoms with E-state index in [1.807, 2.05) is 54.6 Å². The summed E-state index contributed by atoms with van der Waals surface area (Å²) in [5.74, 6) is 0.363. The smallest absolute Gasteiger partial charge is 0.331 e. The summed E-state index contributed by atoms with van der Waals surface area (Å²) in [6, 6.07) is 18.2. The monoisotopic (exact) mass is 542 g/mol. The first-order valence-electron chi connectivity index (χ1n) is 12.6. The zero-order chi connectivity index (χ0) is 27.1. The molecule has 39 heavy (non-hydrogen) atoms. The van der Waals surface area contributed by atoms with Crippen LogP contribution in [-0.4, -0.2) is 48.5 Å². The first-order valence-corrected chi connectivity index (χ1v) is 13.4. The fraction of sp³-hybridized carbons (Fsp3) is 0.233. The molecule has 5 aromatic rings.